The molecular weight excluding hydrogens is 260 g/mol. The van der Waals surface area contributed by atoms with E-state index < -0.39 is 0 Å². The van der Waals surface area contributed by atoms with Crippen LogP contribution in [0.3, 0.4) is 0 Å². The number of carbonyl (C=O) groups excluding carboxylic acids is 1. The van der Waals surface area contributed by atoms with Gasteiger partial charge in [-0.15, -0.1) is 0 Å². The molecule has 15 heavy (non-hydrogen) atoms. The number of carbonyl (C=O) groups is 1. The second-order valence-corrected chi connectivity index (χ2v) is 4.60. The van der Waals surface area contributed by atoms with E-state index in [9.17, 15) is 4.79 Å². The molecule has 1 fully saturated rings. The molecule has 5 heteroatoms. The first-order valence-corrected chi connectivity index (χ1v) is 5.75. The maximum atomic E-state index is 11.5. The van der Waals surface area contributed by atoms with Gasteiger partial charge in [-0.3, -0.25) is 4.79 Å². The zero-order valence-corrected chi connectivity index (χ0v) is 9.79. The van der Waals surface area contributed by atoms with Crippen molar-refractivity contribution in [3.63, 3.8) is 0 Å². The third-order valence-electron chi connectivity index (χ3n) is 2.52. The summed E-state index contributed by atoms with van der Waals surface area (Å²) in [5.41, 5.74) is 5.86. The number of amides is 1. The number of rotatable bonds is 4. The summed E-state index contributed by atoms with van der Waals surface area (Å²) in [5.74, 6) is 0.690. The summed E-state index contributed by atoms with van der Waals surface area (Å²) in [4.78, 5) is 11.5. The molecule has 1 aliphatic rings. The van der Waals surface area contributed by atoms with Gasteiger partial charge in [-0.25, -0.2) is 0 Å². The molecule has 0 spiro atoms. The van der Waals surface area contributed by atoms with Crippen molar-refractivity contribution in [2.45, 2.75) is 18.9 Å². The average molecular weight is 273 g/mol. The quantitative estimate of drug-likeness (QED) is 0.873. The minimum absolute atomic E-state index is 0.0763. The highest BCUT2D eigenvalue weighted by Crippen LogP contribution is 2.31. The first-order chi connectivity index (χ1) is 7.16. The lowest BCUT2D eigenvalue weighted by molar-refractivity contribution is 0.0921. The molecule has 0 bridgehead atoms. The summed E-state index contributed by atoms with van der Waals surface area (Å²) in [6.45, 7) is 0.516. The number of furan rings is 1. The lowest BCUT2D eigenvalue weighted by Crippen LogP contribution is -2.38. The fourth-order valence-electron chi connectivity index (χ4n) is 1.43. The van der Waals surface area contributed by atoms with E-state index in [1.54, 1.807) is 12.1 Å². The molecule has 1 unspecified atom stereocenters. The molecular formula is C10H13BrN2O2. The Hall–Kier alpha value is -0.810. The van der Waals surface area contributed by atoms with Crippen molar-refractivity contribution < 1.29 is 9.21 Å². The number of nitrogens with one attached hydrogen (secondary N) is 1. The molecule has 1 saturated carbocycles. The smallest absolute Gasteiger partial charge is 0.287 e. The van der Waals surface area contributed by atoms with E-state index in [0.717, 1.165) is 0 Å². The van der Waals surface area contributed by atoms with Crippen LogP contribution in [0.1, 0.15) is 23.4 Å². The first kappa shape index (κ1) is 10.7. The Morgan fingerprint density at radius 2 is 2.40 bits per heavy atom. The zero-order valence-electron chi connectivity index (χ0n) is 8.20. The summed E-state index contributed by atoms with van der Waals surface area (Å²) < 4.78 is 5.67. The van der Waals surface area contributed by atoms with Gasteiger partial charge >= 0.3 is 0 Å². The van der Waals surface area contributed by atoms with Crippen LogP contribution < -0.4 is 11.1 Å². The second-order valence-electron chi connectivity index (χ2n) is 3.82. The molecule has 1 aromatic heterocycles. The van der Waals surface area contributed by atoms with Gasteiger partial charge in [-0.1, -0.05) is 0 Å². The summed E-state index contributed by atoms with van der Waals surface area (Å²) in [6.07, 6.45) is 2.37. The molecule has 1 aliphatic carbocycles. The van der Waals surface area contributed by atoms with E-state index in [1.165, 1.54) is 12.8 Å². The van der Waals surface area contributed by atoms with E-state index >= 15 is 0 Å². The van der Waals surface area contributed by atoms with Crippen molar-refractivity contribution in [1.29, 1.82) is 0 Å². The highest BCUT2D eigenvalue weighted by atomic mass is 79.9. The van der Waals surface area contributed by atoms with Crippen LogP contribution in [0.4, 0.5) is 0 Å². The van der Waals surface area contributed by atoms with Gasteiger partial charge in [0, 0.05) is 12.6 Å². The number of nitrogens with two attached hydrogens (primary N) is 1. The molecule has 2 rings (SSSR count). The molecule has 1 atom stereocenters. The maximum Gasteiger partial charge on any atom is 0.287 e. The Labute approximate surface area is 96.3 Å². The standard InChI is InChI=1S/C10H13BrN2O2/c11-9-4-3-8(15-9)10(14)13-5-7(12)6-1-2-6/h3-4,6-7H,1-2,5,12H2,(H,13,14). The minimum atomic E-state index is -0.211. The largest absolute Gasteiger partial charge is 0.444 e. The number of hydrogen-bond acceptors (Lipinski definition) is 3. The Bertz CT molecular complexity index is 360. The fourth-order valence-corrected chi connectivity index (χ4v) is 1.73. The molecule has 1 heterocycles. The average Bonchev–Trinajstić information content (AvgIpc) is 2.97. The summed E-state index contributed by atoms with van der Waals surface area (Å²) in [5, 5.41) is 2.75. The van der Waals surface area contributed by atoms with Gasteiger partial charge in [0.2, 0.25) is 0 Å². The molecule has 82 valence electrons. The summed E-state index contributed by atoms with van der Waals surface area (Å²) in [6, 6.07) is 3.39. The molecule has 1 amide bonds. The van der Waals surface area contributed by atoms with Crippen LogP contribution in [0.15, 0.2) is 21.2 Å². The lowest BCUT2D eigenvalue weighted by Gasteiger charge is -2.10. The van der Waals surface area contributed by atoms with Crippen LogP contribution in [0, 0.1) is 5.92 Å². The van der Waals surface area contributed by atoms with Gasteiger partial charge in [-0.05, 0) is 46.8 Å². The van der Waals surface area contributed by atoms with Crippen molar-refractivity contribution in [3.05, 3.63) is 22.6 Å². The summed E-state index contributed by atoms with van der Waals surface area (Å²) >= 11 is 3.14. The highest BCUT2D eigenvalue weighted by Gasteiger charge is 2.28. The monoisotopic (exact) mass is 272 g/mol. The van der Waals surface area contributed by atoms with Crippen molar-refractivity contribution in [3.8, 4) is 0 Å². The third kappa shape index (κ3) is 2.82. The van der Waals surface area contributed by atoms with Crippen LogP contribution in [-0.2, 0) is 0 Å². The maximum absolute atomic E-state index is 11.5. The molecule has 0 aromatic carbocycles. The van der Waals surface area contributed by atoms with Gasteiger partial charge in [0.15, 0.2) is 10.4 Å². The number of hydrogen-bond donors (Lipinski definition) is 2. The van der Waals surface area contributed by atoms with Gasteiger partial charge in [-0.2, -0.15) is 0 Å². The normalized spacial score (nSPS) is 17.5. The van der Waals surface area contributed by atoms with Gasteiger partial charge in [0.05, 0.1) is 0 Å². The van der Waals surface area contributed by atoms with E-state index in [2.05, 4.69) is 21.2 Å². The Morgan fingerprint density at radius 1 is 1.67 bits per heavy atom. The Balaban J connectivity index is 1.81. The topological polar surface area (TPSA) is 68.3 Å². The van der Waals surface area contributed by atoms with Gasteiger partial charge < -0.3 is 15.5 Å². The van der Waals surface area contributed by atoms with Crippen molar-refractivity contribution >= 4 is 21.8 Å². The SMILES string of the molecule is NC(CNC(=O)c1ccc(Br)o1)C1CC1. The van der Waals surface area contributed by atoms with Crippen molar-refractivity contribution in [1.82, 2.24) is 5.32 Å². The zero-order chi connectivity index (χ0) is 10.8. The van der Waals surface area contributed by atoms with Gasteiger partial charge in [0.25, 0.3) is 5.91 Å². The van der Waals surface area contributed by atoms with E-state index in [0.29, 0.717) is 22.9 Å². The van der Waals surface area contributed by atoms with Crippen molar-refractivity contribution in [2.24, 2.45) is 11.7 Å². The number of halogens is 1. The fraction of sp³-hybridized carbons (Fsp3) is 0.500. The van der Waals surface area contributed by atoms with Crippen LogP contribution in [-0.4, -0.2) is 18.5 Å². The van der Waals surface area contributed by atoms with Crippen LogP contribution >= 0.6 is 15.9 Å². The van der Waals surface area contributed by atoms with Crippen molar-refractivity contribution in [2.75, 3.05) is 6.54 Å². The summed E-state index contributed by atoms with van der Waals surface area (Å²) in [7, 11) is 0. The van der Waals surface area contributed by atoms with Gasteiger partial charge in [0.1, 0.15) is 0 Å². The molecule has 1 aromatic rings. The van der Waals surface area contributed by atoms with Crippen LogP contribution in [0.25, 0.3) is 0 Å². The van der Waals surface area contributed by atoms with E-state index in [-0.39, 0.29) is 11.9 Å². The highest BCUT2D eigenvalue weighted by molar-refractivity contribution is 9.10. The predicted octanol–water partition coefficient (Wildman–Crippen LogP) is 1.51. The predicted molar refractivity (Wildman–Crippen MR) is 59.4 cm³/mol. The third-order valence-corrected chi connectivity index (χ3v) is 2.95. The molecule has 0 aliphatic heterocycles. The Kier molecular flexibility index (Phi) is 3.11. The Morgan fingerprint density at radius 3 is 2.93 bits per heavy atom. The molecule has 3 N–H and O–H groups in total. The molecule has 0 saturated heterocycles. The first-order valence-electron chi connectivity index (χ1n) is 4.96. The minimum Gasteiger partial charge on any atom is -0.444 e. The van der Waals surface area contributed by atoms with E-state index in [1.807, 2.05) is 0 Å². The second kappa shape index (κ2) is 4.37. The van der Waals surface area contributed by atoms with Crippen LogP contribution in [0.2, 0.25) is 0 Å². The van der Waals surface area contributed by atoms with Crippen LogP contribution in [0.5, 0.6) is 0 Å². The molecule has 0 radical (unpaired) electrons. The van der Waals surface area contributed by atoms with E-state index in [4.69, 9.17) is 10.2 Å². The molecule has 4 nitrogen and oxygen atoms in total. The lowest BCUT2D eigenvalue weighted by atomic mass is 10.2.